The Bertz CT molecular complexity index is 728. The van der Waals surface area contributed by atoms with Gasteiger partial charge in [-0.2, -0.15) is 4.31 Å². The zero-order valence-electron chi connectivity index (χ0n) is 10.9. The van der Waals surface area contributed by atoms with E-state index in [1.165, 1.54) is 34.8 Å². The van der Waals surface area contributed by atoms with Gasteiger partial charge in [0.25, 0.3) is 0 Å². The summed E-state index contributed by atoms with van der Waals surface area (Å²) in [5.74, 6) is -0.439. The number of sulfonamides is 1. The molecule has 1 aromatic carbocycles. The zero-order valence-corrected chi connectivity index (χ0v) is 14.1. The zero-order chi connectivity index (χ0) is 14.9. The van der Waals surface area contributed by atoms with Gasteiger partial charge in [-0.1, -0.05) is 0 Å². The number of halogens is 2. The van der Waals surface area contributed by atoms with Crippen molar-refractivity contribution in [1.29, 1.82) is 0 Å². The molecule has 0 saturated heterocycles. The lowest BCUT2D eigenvalue weighted by Gasteiger charge is -2.18. The molecule has 0 atom stereocenters. The predicted octanol–water partition coefficient (Wildman–Crippen LogP) is 3.78. The van der Waals surface area contributed by atoms with Crippen LogP contribution in [-0.4, -0.2) is 19.8 Å². The third-order valence-corrected chi connectivity index (χ3v) is 6.37. The predicted molar refractivity (Wildman–Crippen MR) is 81.8 cm³/mol. The Morgan fingerprint density at radius 1 is 1.35 bits per heavy atom. The van der Waals surface area contributed by atoms with Crippen molar-refractivity contribution in [2.75, 3.05) is 7.05 Å². The van der Waals surface area contributed by atoms with Gasteiger partial charge in [0.15, 0.2) is 0 Å². The van der Waals surface area contributed by atoms with Gasteiger partial charge in [0.05, 0.1) is 8.68 Å². The van der Waals surface area contributed by atoms with Crippen molar-refractivity contribution in [1.82, 2.24) is 4.31 Å². The van der Waals surface area contributed by atoms with Crippen LogP contribution in [-0.2, 0) is 16.6 Å². The Labute approximate surface area is 130 Å². The van der Waals surface area contributed by atoms with E-state index in [-0.39, 0.29) is 11.4 Å². The van der Waals surface area contributed by atoms with Gasteiger partial charge in [-0.25, -0.2) is 12.8 Å². The summed E-state index contributed by atoms with van der Waals surface area (Å²) < 4.78 is 40.2. The van der Waals surface area contributed by atoms with Crippen LogP contribution >= 0.6 is 27.3 Å². The van der Waals surface area contributed by atoms with Crippen LogP contribution in [0.25, 0.3) is 0 Å². The van der Waals surface area contributed by atoms with Crippen molar-refractivity contribution in [3.63, 3.8) is 0 Å². The molecule has 20 heavy (non-hydrogen) atoms. The molecule has 108 valence electrons. The molecular weight excluding hydrogens is 365 g/mol. The maximum Gasteiger partial charge on any atom is 0.243 e. The van der Waals surface area contributed by atoms with Gasteiger partial charge in [0.1, 0.15) is 5.82 Å². The second-order valence-corrected chi connectivity index (χ2v) is 8.73. The van der Waals surface area contributed by atoms with Crippen LogP contribution in [0.1, 0.15) is 11.1 Å². The summed E-state index contributed by atoms with van der Waals surface area (Å²) in [6, 6.07) is 5.57. The number of nitrogens with zero attached hydrogens (tertiary/aromatic N) is 1. The number of benzene rings is 1. The van der Waals surface area contributed by atoms with Gasteiger partial charge in [0, 0.05) is 13.6 Å². The number of rotatable bonds is 4. The van der Waals surface area contributed by atoms with E-state index < -0.39 is 15.8 Å². The maximum atomic E-state index is 13.1. The second kappa shape index (κ2) is 5.93. The SMILES string of the molecule is Cc1cc(F)ccc1S(=O)(=O)N(C)Cc1csc(Br)c1. The van der Waals surface area contributed by atoms with Crippen molar-refractivity contribution in [2.24, 2.45) is 0 Å². The lowest BCUT2D eigenvalue weighted by Crippen LogP contribution is -2.27. The molecule has 0 bridgehead atoms. The largest absolute Gasteiger partial charge is 0.243 e. The van der Waals surface area contributed by atoms with Crippen LogP contribution < -0.4 is 0 Å². The van der Waals surface area contributed by atoms with E-state index in [9.17, 15) is 12.8 Å². The molecule has 7 heteroatoms. The third kappa shape index (κ3) is 3.28. The highest BCUT2D eigenvalue weighted by Crippen LogP contribution is 2.25. The number of hydrogen-bond donors (Lipinski definition) is 0. The van der Waals surface area contributed by atoms with Gasteiger partial charge in [-0.15, -0.1) is 11.3 Å². The first-order valence-electron chi connectivity index (χ1n) is 5.76. The van der Waals surface area contributed by atoms with Gasteiger partial charge < -0.3 is 0 Å². The van der Waals surface area contributed by atoms with Crippen molar-refractivity contribution >= 4 is 37.3 Å². The highest BCUT2D eigenvalue weighted by atomic mass is 79.9. The van der Waals surface area contributed by atoms with Gasteiger partial charge >= 0.3 is 0 Å². The monoisotopic (exact) mass is 377 g/mol. The summed E-state index contributed by atoms with van der Waals surface area (Å²) in [6.45, 7) is 1.87. The fraction of sp³-hybridized carbons (Fsp3) is 0.231. The molecular formula is C13H13BrFNO2S2. The third-order valence-electron chi connectivity index (χ3n) is 2.85. The lowest BCUT2D eigenvalue weighted by molar-refractivity contribution is 0.466. The molecule has 0 fully saturated rings. The topological polar surface area (TPSA) is 37.4 Å². The molecule has 0 amide bonds. The van der Waals surface area contributed by atoms with Crippen LogP contribution in [0.3, 0.4) is 0 Å². The van der Waals surface area contributed by atoms with Crippen molar-refractivity contribution < 1.29 is 12.8 Å². The molecule has 3 nitrogen and oxygen atoms in total. The van der Waals surface area contributed by atoms with E-state index in [4.69, 9.17) is 0 Å². The summed E-state index contributed by atoms with van der Waals surface area (Å²) in [5.41, 5.74) is 1.32. The van der Waals surface area contributed by atoms with Crippen LogP contribution in [0.15, 0.2) is 38.3 Å². The van der Waals surface area contributed by atoms with Gasteiger partial charge in [0.2, 0.25) is 10.0 Å². The summed E-state index contributed by atoms with van der Waals surface area (Å²) in [5, 5.41) is 1.90. The normalized spacial score (nSPS) is 12.1. The first-order valence-corrected chi connectivity index (χ1v) is 8.87. The fourth-order valence-electron chi connectivity index (χ4n) is 1.84. The Balaban J connectivity index is 2.29. The Morgan fingerprint density at radius 2 is 2.05 bits per heavy atom. The van der Waals surface area contributed by atoms with Crippen LogP contribution in [0.2, 0.25) is 0 Å². The molecule has 2 aromatic rings. The highest BCUT2D eigenvalue weighted by molar-refractivity contribution is 9.11. The quantitative estimate of drug-likeness (QED) is 0.812. The molecule has 0 aliphatic carbocycles. The van der Waals surface area contributed by atoms with Crippen molar-refractivity contribution in [2.45, 2.75) is 18.4 Å². The van der Waals surface area contributed by atoms with Crippen molar-refractivity contribution in [3.8, 4) is 0 Å². The Morgan fingerprint density at radius 3 is 2.60 bits per heavy atom. The number of thiophene rings is 1. The average Bonchev–Trinajstić information content (AvgIpc) is 2.74. The van der Waals surface area contributed by atoms with Crippen molar-refractivity contribution in [3.05, 3.63) is 50.4 Å². The van der Waals surface area contributed by atoms with E-state index in [0.717, 1.165) is 15.4 Å². The van der Waals surface area contributed by atoms with E-state index in [1.54, 1.807) is 6.92 Å². The molecule has 1 aromatic heterocycles. The molecule has 0 aliphatic heterocycles. The average molecular weight is 378 g/mol. The first kappa shape index (κ1) is 15.6. The molecule has 0 unspecified atom stereocenters. The summed E-state index contributed by atoms with van der Waals surface area (Å²) in [4.78, 5) is 0.135. The molecule has 0 N–H and O–H groups in total. The van der Waals surface area contributed by atoms with E-state index in [0.29, 0.717) is 5.56 Å². The highest BCUT2D eigenvalue weighted by Gasteiger charge is 2.23. The minimum Gasteiger partial charge on any atom is -0.207 e. The number of hydrogen-bond acceptors (Lipinski definition) is 3. The van der Waals surface area contributed by atoms with Crippen LogP contribution in [0.4, 0.5) is 4.39 Å². The maximum absolute atomic E-state index is 13.1. The van der Waals surface area contributed by atoms with Crippen LogP contribution in [0, 0.1) is 12.7 Å². The Kier molecular flexibility index (Phi) is 4.63. The molecule has 1 heterocycles. The lowest BCUT2D eigenvalue weighted by atomic mass is 10.2. The minimum absolute atomic E-state index is 0.135. The summed E-state index contributed by atoms with van der Waals surface area (Å²) in [6.07, 6.45) is 0. The van der Waals surface area contributed by atoms with E-state index >= 15 is 0 Å². The summed E-state index contributed by atoms with van der Waals surface area (Å²) in [7, 11) is -2.10. The summed E-state index contributed by atoms with van der Waals surface area (Å²) >= 11 is 4.85. The minimum atomic E-state index is -3.62. The van der Waals surface area contributed by atoms with E-state index in [1.807, 2.05) is 11.4 Å². The Hall–Kier alpha value is -0.760. The molecule has 0 aliphatic rings. The first-order chi connectivity index (χ1) is 9.30. The second-order valence-electron chi connectivity index (χ2n) is 4.43. The molecule has 0 spiro atoms. The van der Waals surface area contributed by atoms with Crippen LogP contribution in [0.5, 0.6) is 0 Å². The van der Waals surface area contributed by atoms with Gasteiger partial charge in [-0.3, -0.25) is 0 Å². The van der Waals surface area contributed by atoms with E-state index in [2.05, 4.69) is 15.9 Å². The standard InChI is InChI=1S/C13H13BrFNO2S2/c1-9-5-11(15)3-4-12(9)20(17,18)16(2)7-10-6-13(14)19-8-10/h3-6,8H,7H2,1-2H3. The molecule has 2 rings (SSSR count). The number of aryl methyl sites for hydroxylation is 1. The van der Waals surface area contributed by atoms with Gasteiger partial charge in [-0.05, 0) is 63.6 Å². The molecule has 0 radical (unpaired) electrons. The fourth-order valence-corrected chi connectivity index (χ4v) is 4.40. The smallest absolute Gasteiger partial charge is 0.207 e. The molecule has 0 saturated carbocycles.